The molecular formula is C12H24N2O3S. The Bertz CT molecular complexity index is 358. The smallest absolute Gasteiger partial charge is 0.214 e. The van der Waals surface area contributed by atoms with Crippen LogP contribution in [-0.2, 0) is 14.8 Å². The molecule has 18 heavy (non-hydrogen) atoms. The van der Waals surface area contributed by atoms with Crippen molar-refractivity contribution in [3.05, 3.63) is 0 Å². The first-order valence-corrected chi connectivity index (χ1v) is 8.45. The van der Waals surface area contributed by atoms with E-state index in [2.05, 4.69) is 5.32 Å². The van der Waals surface area contributed by atoms with Crippen molar-refractivity contribution in [2.75, 3.05) is 25.4 Å². The Morgan fingerprint density at radius 1 is 1.22 bits per heavy atom. The van der Waals surface area contributed by atoms with Gasteiger partial charge in [-0.25, -0.2) is 8.42 Å². The first-order chi connectivity index (χ1) is 8.47. The van der Waals surface area contributed by atoms with Gasteiger partial charge in [0, 0.05) is 19.1 Å². The lowest BCUT2D eigenvalue weighted by molar-refractivity contribution is -0.0440. The molecule has 2 atom stereocenters. The molecule has 0 aromatic heterocycles. The number of nitrogens with one attached hydrogen (secondary N) is 1. The molecular weight excluding hydrogens is 252 g/mol. The average Bonchev–Trinajstić information content (AvgIpc) is 3.07. The molecule has 2 unspecified atom stereocenters. The van der Waals surface area contributed by atoms with Crippen LogP contribution in [0.3, 0.4) is 0 Å². The first-order valence-electron chi connectivity index (χ1n) is 6.84. The van der Waals surface area contributed by atoms with E-state index in [0.29, 0.717) is 25.6 Å². The van der Waals surface area contributed by atoms with Crippen LogP contribution in [0.4, 0.5) is 0 Å². The fourth-order valence-electron chi connectivity index (χ4n) is 2.34. The van der Waals surface area contributed by atoms with Crippen LogP contribution in [0, 0.1) is 0 Å². The number of hydrogen-bond acceptors (Lipinski definition) is 4. The fraction of sp³-hybridized carbons (Fsp3) is 1.00. The molecule has 0 spiro atoms. The van der Waals surface area contributed by atoms with Gasteiger partial charge in [-0.15, -0.1) is 0 Å². The number of rotatable bonds is 6. The number of ether oxygens (including phenoxy) is 1. The van der Waals surface area contributed by atoms with Gasteiger partial charge in [-0.1, -0.05) is 0 Å². The number of nitrogens with zero attached hydrogens (tertiary/aromatic N) is 1. The molecule has 1 saturated heterocycles. The third-order valence-corrected chi connectivity index (χ3v) is 5.26. The molecule has 0 aromatic rings. The third-order valence-electron chi connectivity index (χ3n) is 3.37. The maximum absolute atomic E-state index is 12.2. The number of morpholine rings is 1. The van der Waals surface area contributed by atoms with Gasteiger partial charge in [-0.3, -0.25) is 0 Å². The molecule has 2 rings (SSSR count). The van der Waals surface area contributed by atoms with E-state index < -0.39 is 10.0 Å². The molecule has 1 saturated carbocycles. The van der Waals surface area contributed by atoms with E-state index in [9.17, 15) is 8.42 Å². The molecule has 1 heterocycles. The summed E-state index contributed by atoms with van der Waals surface area (Å²) in [5, 5.41) is 3.34. The van der Waals surface area contributed by atoms with E-state index in [4.69, 9.17) is 4.74 Å². The third kappa shape index (κ3) is 4.19. The molecule has 0 radical (unpaired) electrons. The Labute approximate surface area is 110 Å². The highest BCUT2D eigenvalue weighted by molar-refractivity contribution is 7.89. The van der Waals surface area contributed by atoms with E-state index in [1.807, 2.05) is 13.8 Å². The average molecular weight is 276 g/mol. The summed E-state index contributed by atoms with van der Waals surface area (Å²) < 4.78 is 31.5. The van der Waals surface area contributed by atoms with Crippen LogP contribution in [0.15, 0.2) is 0 Å². The van der Waals surface area contributed by atoms with Gasteiger partial charge in [0.25, 0.3) is 0 Å². The largest absolute Gasteiger partial charge is 0.373 e. The van der Waals surface area contributed by atoms with E-state index in [0.717, 1.165) is 6.54 Å². The van der Waals surface area contributed by atoms with Crippen molar-refractivity contribution in [2.45, 2.75) is 51.4 Å². The van der Waals surface area contributed by atoms with Crippen molar-refractivity contribution in [3.63, 3.8) is 0 Å². The fourth-order valence-corrected chi connectivity index (χ4v) is 3.98. The van der Waals surface area contributed by atoms with Gasteiger partial charge in [-0.05, 0) is 39.7 Å². The van der Waals surface area contributed by atoms with Crippen molar-refractivity contribution in [3.8, 4) is 0 Å². The van der Waals surface area contributed by atoms with Crippen LogP contribution in [0.5, 0.6) is 0 Å². The first kappa shape index (κ1) is 14.2. The summed E-state index contributed by atoms with van der Waals surface area (Å²) in [7, 11) is -3.11. The Morgan fingerprint density at radius 2 is 1.83 bits per heavy atom. The van der Waals surface area contributed by atoms with Crippen LogP contribution in [-0.4, -0.2) is 56.4 Å². The van der Waals surface area contributed by atoms with Crippen molar-refractivity contribution < 1.29 is 13.2 Å². The van der Waals surface area contributed by atoms with Crippen LogP contribution < -0.4 is 5.32 Å². The van der Waals surface area contributed by atoms with Gasteiger partial charge < -0.3 is 10.1 Å². The molecule has 1 aliphatic carbocycles. The molecule has 1 aliphatic heterocycles. The maximum atomic E-state index is 12.2. The van der Waals surface area contributed by atoms with E-state index in [1.54, 1.807) is 4.31 Å². The van der Waals surface area contributed by atoms with Gasteiger partial charge in [0.2, 0.25) is 10.0 Å². The van der Waals surface area contributed by atoms with E-state index >= 15 is 0 Å². The predicted octanol–water partition coefficient (Wildman–Crippen LogP) is 0.568. The van der Waals surface area contributed by atoms with Crippen molar-refractivity contribution in [2.24, 2.45) is 0 Å². The lowest BCUT2D eigenvalue weighted by Crippen LogP contribution is -2.48. The SMILES string of the molecule is CC1CN(S(=O)(=O)CCCNC2CC2)CC(C)O1. The highest BCUT2D eigenvalue weighted by Gasteiger charge is 2.30. The lowest BCUT2D eigenvalue weighted by Gasteiger charge is -2.34. The second-order valence-corrected chi connectivity index (χ2v) is 7.56. The summed E-state index contributed by atoms with van der Waals surface area (Å²) in [4.78, 5) is 0. The van der Waals surface area contributed by atoms with Crippen molar-refractivity contribution in [1.29, 1.82) is 0 Å². The van der Waals surface area contributed by atoms with Crippen molar-refractivity contribution in [1.82, 2.24) is 9.62 Å². The van der Waals surface area contributed by atoms with Crippen molar-refractivity contribution >= 4 is 10.0 Å². The minimum atomic E-state index is -3.11. The Balaban J connectivity index is 1.77. The quantitative estimate of drug-likeness (QED) is 0.721. The summed E-state index contributed by atoms with van der Waals surface area (Å²) in [6.45, 7) is 5.63. The standard InChI is InChI=1S/C12H24N2O3S/c1-10-8-14(9-11(2)17-10)18(15,16)7-3-6-13-12-4-5-12/h10-13H,3-9H2,1-2H3. The molecule has 0 aromatic carbocycles. The lowest BCUT2D eigenvalue weighted by atomic mass is 10.3. The monoisotopic (exact) mass is 276 g/mol. The number of hydrogen-bond donors (Lipinski definition) is 1. The summed E-state index contributed by atoms with van der Waals surface area (Å²) in [6.07, 6.45) is 3.16. The molecule has 5 nitrogen and oxygen atoms in total. The van der Waals surface area contributed by atoms with Crippen LogP contribution in [0.1, 0.15) is 33.1 Å². The molecule has 106 valence electrons. The Hall–Kier alpha value is -0.170. The Morgan fingerprint density at radius 3 is 2.39 bits per heavy atom. The van der Waals surface area contributed by atoms with E-state index in [-0.39, 0.29) is 18.0 Å². The number of sulfonamides is 1. The summed E-state index contributed by atoms with van der Waals surface area (Å²) >= 11 is 0. The van der Waals surface area contributed by atoms with Gasteiger partial charge >= 0.3 is 0 Å². The minimum absolute atomic E-state index is 0.00638. The summed E-state index contributed by atoms with van der Waals surface area (Å²) in [5.41, 5.74) is 0. The molecule has 0 bridgehead atoms. The molecule has 0 amide bonds. The van der Waals surface area contributed by atoms with Crippen LogP contribution in [0.25, 0.3) is 0 Å². The van der Waals surface area contributed by atoms with Gasteiger partial charge in [-0.2, -0.15) is 4.31 Å². The predicted molar refractivity (Wildman–Crippen MR) is 71.0 cm³/mol. The molecule has 2 fully saturated rings. The second kappa shape index (κ2) is 5.86. The normalized spacial score (nSPS) is 30.6. The highest BCUT2D eigenvalue weighted by atomic mass is 32.2. The topological polar surface area (TPSA) is 58.6 Å². The van der Waals surface area contributed by atoms with Gasteiger partial charge in [0.05, 0.1) is 18.0 Å². The van der Waals surface area contributed by atoms with E-state index in [1.165, 1.54) is 12.8 Å². The Kier molecular flexibility index (Phi) is 4.64. The van der Waals surface area contributed by atoms with Gasteiger partial charge in [0.15, 0.2) is 0 Å². The summed E-state index contributed by atoms with van der Waals surface area (Å²) in [5.74, 6) is 0.242. The second-order valence-electron chi connectivity index (χ2n) is 5.47. The zero-order valence-electron chi connectivity index (χ0n) is 11.3. The maximum Gasteiger partial charge on any atom is 0.214 e. The van der Waals surface area contributed by atoms with Gasteiger partial charge in [0.1, 0.15) is 0 Å². The zero-order chi connectivity index (χ0) is 13.2. The summed E-state index contributed by atoms with van der Waals surface area (Å²) in [6, 6.07) is 0.649. The highest BCUT2D eigenvalue weighted by Crippen LogP contribution is 2.19. The molecule has 2 aliphatic rings. The van der Waals surface area contributed by atoms with Crippen LogP contribution >= 0.6 is 0 Å². The molecule has 6 heteroatoms. The molecule has 1 N–H and O–H groups in total. The zero-order valence-corrected chi connectivity index (χ0v) is 12.1. The van der Waals surface area contributed by atoms with Crippen LogP contribution in [0.2, 0.25) is 0 Å². The minimum Gasteiger partial charge on any atom is -0.373 e.